The number of hydrogen-bond acceptors (Lipinski definition) is 3. The molecule has 5 heteroatoms. The molecule has 0 radical (unpaired) electrons. The van der Waals surface area contributed by atoms with E-state index in [9.17, 15) is 9.18 Å². The summed E-state index contributed by atoms with van der Waals surface area (Å²) in [5.74, 6) is -0.584. The Morgan fingerprint density at radius 3 is 2.89 bits per heavy atom. The molecule has 100 valence electrons. The first-order chi connectivity index (χ1) is 9.02. The van der Waals surface area contributed by atoms with E-state index >= 15 is 0 Å². The van der Waals surface area contributed by atoms with E-state index in [1.165, 1.54) is 18.2 Å². The average molecular weight is 261 g/mol. The lowest BCUT2D eigenvalue weighted by Gasteiger charge is -2.18. The van der Waals surface area contributed by atoms with Gasteiger partial charge in [0.2, 0.25) is 5.91 Å². The number of nitriles is 1. The lowest BCUT2D eigenvalue weighted by molar-refractivity contribution is -0.118. The number of nitrogens with zero attached hydrogens (tertiary/aromatic N) is 2. The minimum atomic E-state index is -0.560. The summed E-state index contributed by atoms with van der Waals surface area (Å²) in [4.78, 5) is 13.8. The van der Waals surface area contributed by atoms with Crippen LogP contribution >= 0.6 is 0 Å². The standard InChI is InChI=1S/C14H16FN3O/c1-9(2)17-13-5-6-18(14(13)19)11-3-4-12(15)10(7-11)8-16/h3-4,7,9,13,17H,5-6H2,1-2H3. The van der Waals surface area contributed by atoms with Crippen LogP contribution in [0.25, 0.3) is 0 Å². The summed E-state index contributed by atoms with van der Waals surface area (Å²) < 4.78 is 13.3. The van der Waals surface area contributed by atoms with Crippen LogP contribution in [-0.2, 0) is 4.79 Å². The maximum atomic E-state index is 13.3. The van der Waals surface area contributed by atoms with Crippen LogP contribution < -0.4 is 10.2 Å². The third-order valence-electron chi connectivity index (χ3n) is 3.12. The molecule has 1 saturated heterocycles. The Morgan fingerprint density at radius 2 is 2.26 bits per heavy atom. The number of hydrogen-bond donors (Lipinski definition) is 1. The van der Waals surface area contributed by atoms with Crippen LogP contribution in [-0.4, -0.2) is 24.5 Å². The Hall–Kier alpha value is -1.93. The highest BCUT2D eigenvalue weighted by atomic mass is 19.1. The summed E-state index contributed by atoms with van der Waals surface area (Å²) in [5, 5.41) is 12.0. The van der Waals surface area contributed by atoms with Crippen molar-refractivity contribution in [3.8, 4) is 6.07 Å². The van der Waals surface area contributed by atoms with E-state index in [4.69, 9.17) is 5.26 Å². The Kier molecular flexibility index (Phi) is 3.82. The molecule has 1 unspecified atom stereocenters. The van der Waals surface area contributed by atoms with Crippen molar-refractivity contribution in [3.63, 3.8) is 0 Å². The lowest BCUT2D eigenvalue weighted by atomic mass is 10.2. The Labute approximate surface area is 111 Å². The summed E-state index contributed by atoms with van der Waals surface area (Å²) in [5.41, 5.74) is 0.543. The minimum Gasteiger partial charge on any atom is -0.311 e. The first-order valence-electron chi connectivity index (χ1n) is 6.30. The molecule has 1 aromatic carbocycles. The number of carbonyl (C=O) groups excluding carboxylic acids is 1. The van der Waals surface area contributed by atoms with Crippen LogP contribution in [0.4, 0.5) is 10.1 Å². The van der Waals surface area contributed by atoms with E-state index in [0.717, 1.165) is 6.42 Å². The maximum absolute atomic E-state index is 13.3. The van der Waals surface area contributed by atoms with Crippen LogP contribution in [0.2, 0.25) is 0 Å². The predicted molar refractivity (Wildman–Crippen MR) is 70.1 cm³/mol. The van der Waals surface area contributed by atoms with Gasteiger partial charge in [-0.2, -0.15) is 5.26 Å². The molecule has 0 aromatic heterocycles. The second-order valence-corrected chi connectivity index (χ2v) is 4.93. The van der Waals surface area contributed by atoms with Gasteiger partial charge in [-0.25, -0.2) is 4.39 Å². The quantitative estimate of drug-likeness (QED) is 0.902. The minimum absolute atomic E-state index is 0.0239. The van der Waals surface area contributed by atoms with Crippen LogP contribution in [0.3, 0.4) is 0 Å². The molecule has 1 aromatic rings. The third kappa shape index (κ3) is 2.74. The molecule has 1 amide bonds. The topological polar surface area (TPSA) is 56.1 Å². The predicted octanol–water partition coefficient (Wildman–Crippen LogP) is 1.80. The lowest BCUT2D eigenvalue weighted by Crippen LogP contribution is -2.41. The van der Waals surface area contributed by atoms with E-state index in [1.54, 1.807) is 11.0 Å². The van der Waals surface area contributed by atoms with E-state index in [-0.39, 0.29) is 23.6 Å². The molecule has 4 nitrogen and oxygen atoms in total. The van der Waals surface area contributed by atoms with Crippen molar-refractivity contribution in [1.29, 1.82) is 5.26 Å². The number of benzene rings is 1. The molecule has 1 heterocycles. The van der Waals surface area contributed by atoms with Crippen molar-refractivity contribution in [2.45, 2.75) is 32.4 Å². The van der Waals surface area contributed by atoms with Gasteiger partial charge in [0.15, 0.2) is 0 Å². The fourth-order valence-electron chi connectivity index (χ4n) is 2.26. The Morgan fingerprint density at radius 1 is 1.53 bits per heavy atom. The molecular weight excluding hydrogens is 245 g/mol. The fourth-order valence-corrected chi connectivity index (χ4v) is 2.26. The van der Waals surface area contributed by atoms with Gasteiger partial charge in [-0.15, -0.1) is 0 Å². The monoisotopic (exact) mass is 261 g/mol. The molecule has 2 rings (SSSR count). The van der Waals surface area contributed by atoms with Crippen LogP contribution in [0.15, 0.2) is 18.2 Å². The fraction of sp³-hybridized carbons (Fsp3) is 0.429. The van der Waals surface area contributed by atoms with Crippen molar-refractivity contribution in [1.82, 2.24) is 5.32 Å². The molecule has 1 N–H and O–H groups in total. The van der Waals surface area contributed by atoms with Gasteiger partial charge >= 0.3 is 0 Å². The maximum Gasteiger partial charge on any atom is 0.244 e. The third-order valence-corrected chi connectivity index (χ3v) is 3.12. The number of nitrogens with one attached hydrogen (secondary N) is 1. The van der Waals surface area contributed by atoms with Crippen LogP contribution in [0.1, 0.15) is 25.8 Å². The first kappa shape index (κ1) is 13.5. The number of carbonyl (C=O) groups is 1. The smallest absolute Gasteiger partial charge is 0.244 e. The van der Waals surface area contributed by atoms with E-state index in [1.807, 2.05) is 13.8 Å². The highest BCUT2D eigenvalue weighted by Gasteiger charge is 2.32. The van der Waals surface area contributed by atoms with E-state index in [2.05, 4.69) is 5.32 Å². The normalized spacial score (nSPS) is 19.0. The van der Waals surface area contributed by atoms with Crippen molar-refractivity contribution in [3.05, 3.63) is 29.6 Å². The molecule has 1 aliphatic rings. The average Bonchev–Trinajstić information content (AvgIpc) is 2.71. The van der Waals surface area contributed by atoms with Crippen LogP contribution in [0.5, 0.6) is 0 Å². The van der Waals surface area contributed by atoms with E-state index in [0.29, 0.717) is 12.2 Å². The number of rotatable bonds is 3. The molecule has 0 saturated carbocycles. The summed E-state index contributed by atoms with van der Waals surface area (Å²) in [7, 11) is 0. The van der Waals surface area contributed by atoms with E-state index < -0.39 is 5.82 Å². The largest absolute Gasteiger partial charge is 0.311 e. The SMILES string of the molecule is CC(C)NC1CCN(c2ccc(F)c(C#N)c2)C1=O. The zero-order chi connectivity index (χ0) is 14.0. The zero-order valence-corrected chi connectivity index (χ0v) is 11.0. The molecule has 1 atom stereocenters. The van der Waals surface area contributed by atoms with Gasteiger partial charge in [-0.1, -0.05) is 13.8 Å². The van der Waals surface area contributed by atoms with Gasteiger partial charge in [0.1, 0.15) is 11.9 Å². The summed E-state index contributed by atoms with van der Waals surface area (Å²) in [6, 6.07) is 6.01. The van der Waals surface area contributed by atoms with Gasteiger partial charge in [-0.05, 0) is 24.6 Å². The van der Waals surface area contributed by atoms with Gasteiger partial charge < -0.3 is 10.2 Å². The summed E-state index contributed by atoms with van der Waals surface area (Å²) in [6.45, 7) is 4.56. The molecular formula is C14H16FN3O. The van der Waals surface area contributed by atoms with Gasteiger partial charge in [-0.3, -0.25) is 4.79 Å². The molecule has 1 aliphatic heterocycles. The number of anilines is 1. The van der Waals surface area contributed by atoms with Crippen molar-refractivity contribution < 1.29 is 9.18 Å². The Balaban J connectivity index is 2.20. The number of halogens is 1. The van der Waals surface area contributed by atoms with Gasteiger partial charge in [0.05, 0.1) is 11.6 Å². The molecule has 0 bridgehead atoms. The summed E-state index contributed by atoms with van der Waals surface area (Å²) in [6.07, 6.45) is 0.719. The van der Waals surface area contributed by atoms with Gasteiger partial charge in [0, 0.05) is 18.3 Å². The van der Waals surface area contributed by atoms with Crippen molar-refractivity contribution >= 4 is 11.6 Å². The second kappa shape index (κ2) is 5.37. The summed E-state index contributed by atoms with van der Waals surface area (Å²) >= 11 is 0. The van der Waals surface area contributed by atoms with Crippen molar-refractivity contribution in [2.24, 2.45) is 0 Å². The second-order valence-electron chi connectivity index (χ2n) is 4.93. The molecule has 1 fully saturated rings. The van der Waals surface area contributed by atoms with Crippen LogP contribution in [0, 0.1) is 17.1 Å². The number of amides is 1. The highest BCUT2D eigenvalue weighted by molar-refractivity contribution is 5.99. The van der Waals surface area contributed by atoms with Gasteiger partial charge in [0.25, 0.3) is 0 Å². The molecule has 19 heavy (non-hydrogen) atoms. The van der Waals surface area contributed by atoms with Crippen molar-refractivity contribution in [2.75, 3.05) is 11.4 Å². The highest BCUT2D eigenvalue weighted by Crippen LogP contribution is 2.24. The molecule has 0 spiro atoms. The first-order valence-corrected chi connectivity index (χ1v) is 6.30. The zero-order valence-electron chi connectivity index (χ0n) is 11.0. The molecule has 0 aliphatic carbocycles. The Bertz CT molecular complexity index is 536.